The highest BCUT2D eigenvalue weighted by molar-refractivity contribution is 5.76. The van der Waals surface area contributed by atoms with E-state index >= 15 is 0 Å². The number of ether oxygens (including phenoxy) is 2. The smallest absolute Gasteiger partial charge is 0.308 e. The Morgan fingerprint density at radius 2 is 1.41 bits per heavy atom. The predicted molar refractivity (Wildman–Crippen MR) is 86.4 cm³/mol. The molecule has 1 rings (SSSR count). The Morgan fingerprint density at radius 1 is 0.818 bits per heavy atom. The van der Waals surface area contributed by atoms with Crippen LogP contribution in [0.4, 0.5) is 0 Å². The maximum Gasteiger partial charge on any atom is 0.308 e. The first kappa shape index (κ1) is 19.0. The third-order valence-corrected chi connectivity index (χ3v) is 4.28. The first-order chi connectivity index (χ1) is 10.7. The van der Waals surface area contributed by atoms with E-state index in [1.807, 2.05) is 6.92 Å². The van der Waals surface area contributed by atoms with Crippen molar-refractivity contribution in [1.82, 2.24) is 0 Å². The van der Waals surface area contributed by atoms with Crippen molar-refractivity contribution in [2.75, 3.05) is 13.2 Å². The van der Waals surface area contributed by atoms with Crippen LogP contribution in [0.15, 0.2) is 0 Å². The zero-order valence-electron chi connectivity index (χ0n) is 14.3. The average molecular weight is 312 g/mol. The van der Waals surface area contributed by atoms with Crippen molar-refractivity contribution in [3.63, 3.8) is 0 Å². The average Bonchev–Trinajstić information content (AvgIpc) is 2.55. The Balaban J connectivity index is 2.23. The molecule has 4 nitrogen and oxygen atoms in total. The summed E-state index contributed by atoms with van der Waals surface area (Å²) in [6.45, 7) is 5.16. The van der Waals surface area contributed by atoms with Crippen LogP contribution in [0, 0.1) is 11.8 Å². The van der Waals surface area contributed by atoms with E-state index in [1.165, 1.54) is 19.3 Å². The standard InChI is InChI=1S/C18H32O4/c1-3-5-6-7-8-13-22-18(20)16-11-9-10-15(14-16)17(19)21-12-4-2/h15-16H,3-14H2,1-2H3. The second-order valence-corrected chi connectivity index (χ2v) is 6.31. The minimum absolute atomic E-state index is 0.122. The normalized spacial score (nSPS) is 21.4. The van der Waals surface area contributed by atoms with Gasteiger partial charge in [-0.1, -0.05) is 46.0 Å². The molecule has 0 radical (unpaired) electrons. The van der Waals surface area contributed by atoms with Crippen LogP contribution in [0.2, 0.25) is 0 Å². The van der Waals surface area contributed by atoms with Gasteiger partial charge in [0, 0.05) is 0 Å². The van der Waals surface area contributed by atoms with Crippen LogP contribution in [0.3, 0.4) is 0 Å². The van der Waals surface area contributed by atoms with Gasteiger partial charge in [-0.05, 0) is 32.1 Å². The van der Waals surface area contributed by atoms with Crippen LogP contribution in [0.5, 0.6) is 0 Å². The van der Waals surface area contributed by atoms with Crippen LogP contribution in [-0.4, -0.2) is 25.2 Å². The van der Waals surface area contributed by atoms with E-state index in [9.17, 15) is 9.59 Å². The number of carbonyl (C=O) groups is 2. The quantitative estimate of drug-likeness (QED) is 0.447. The molecule has 1 aliphatic carbocycles. The molecule has 0 aromatic rings. The van der Waals surface area contributed by atoms with Gasteiger partial charge in [0.05, 0.1) is 25.0 Å². The highest BCUT2D eigenvalue weighted by atomic mass is 16.5. The predicted octanol–water partition coefficient (Wildman–Crippen LogP) is 4.26. The van der Waals surface area contributed by atoms with E-state index in [1.54, 1.807) is 0 Å². The molecule has 1 aliphatic rings. The summed E-state index contributed by atoms with van der Waals surface area (Å²) in [5, 5.41) is 0. The monoisotopic (exact) mass is 312 g/mol. The highest BCUT2D eigenvalue weighted by Gasteiger charge is 2.32. The molecule has 128 valence electrons. The van der Waals surface area contributed by atoms with Crippen LogP contribution in [0.25, 0.3) is 0 Å². The van der Waals surface area contributed by atoms with Crippen molar-refractivity contribution >= 4 is 11.9 Å². The summed E-state index contributed by atoms with van der Waals surface area (Å²) in [4.78, 5) is 24.0. The Labute approximate surface area is 134 Å². The van der Waals surface area contributed by atoms with Crippen molar-refractivity contribution in [3.8, 4) is 0 Å². The van der Waals surface area contributed by atoms with Crippen molar-refractivity contribution in [2.45, 2.75) is 78.1 Å². The highest BCUT2D eigenvalue weighted by Crippen LogP contribution is 2.30. The van der Waals surface area contributed by atoms with Gasteiger partial charge in [0.15, 0.2) is 0 Å². The molecule has 1 saturated carbocycles. The molecule has 0 spiro atoms. The lowest BCUT2D eigenvalue weighted by Crippen LogP contribution is -2.30. The molecule has 4 heteroatoms. The van der Waals surface area contributed by atoms with E-state index < -0.39 is 0 Å². The minimum Gasteiger partial charge on any atom is -0.465 e. The van der Waals surface area contributed by atoms with Crippen LogP contribution in [-0.2, 0) is 19.1 Å². The van der Waals surface area contributed by atoms with Crippen LogP contribution < -0.4 is 0 Å². The minimum atomic E-state index is -0.140. The fraction of sp³-hybridized carbons (Fsp3) is 0.889. The van der Waals surface area contributed by atoms with Gasteiger partial charge in [0.2, 0.25) is 0 Å². The molecule has 1 fully saturated rings. The van der Waals surface area contributed by atoms with Crippen molar-refractivity contribution in [2.24, 2.45) is 11.8 Å². The lowest BCUT2D eigenvalue weighted by molar-refractivity contribution is -0.155. The summed E-state index contributed by atoms with van der Waals surface area (Å²) in [6.07, 6.45) is 9.76. The first-order valence-electron chi connectivity index (χ1n) is 9.02. The van der Waals surface area contributed by atoms with E-state index in [0.29, 0.717) is 19.6 Å². The van der Waals surface area contributed by atoms with Crippen molar-refractivity contribution < 1.29 is 19.1 Å². The number of hydrogen-bond acceptors (Lipinski definition) is 4. The summed E-state index contributed by atoms with van der Waals surface area (Å²) in [6, 6.07) is 0. The second-order valence-electron chi connectivity index (χ2n) is 6.31. The zero-order valence-corrected chi connectivity index (χ0v) is 14.3. The maximum absolute atomic E-state index is 12.1. The number of esters is 2. The molecule has 0 amide bonds. The Bertz CT molecular complexity index is 327. The number of rotatable bonds is 10. The van der Waals surface area contributed by atoms with Gasteiger partial charge in [0.25, 0.3) is 0 Å². The van der Waals surface area contributed by atoms with E-state index in [0.717, 1.165) is 38.5 Å². The Kier molecular flexibility index (Phi) is 9.93. The Hall–Kier alpha value is -1.06. The van der Waals surface area contributed by atoms with E-state index in [-0.39, 0.29) is 23.8 Å². The maximum atomic E-state index is 12.1. The second kappa shape index (κ2) is 11.5. The molecule has 0 aliphatic heterocycles. The van der Waals surface area contributed by atoms with Gasteiger partial charge < -0.3 is 9.47 Å². The fourth-order valence-electron chi connectivity index (χ4n) is 2.93. The molecule has 0 aromatic heterocycles. The molecule has 22 heavy (non-hydrogen) atoms. The lowest BCUT2D eigenvalue weighted by atomic mass is 9.81. The van der Waals surface area contributed by atoms with Crippen LogP contribution >= 0.6 is 0 Å². The molecular formula is C18H32O4. The summed E-state index contributed by atoms with van der Waals surface area (Å²) in [5.74, 6) is -0.506. The fourth-order valence-corrected chi connectivity index (χ4v) is 2.93. The van der Waals surface area contributed by atoms with E-state index in [4.69, 9.17) is 9.47 Å². The van der Waals surface area contributed by atoms with E-state index in [2.05, 4.69) is 6.92 Å². The largest absolute Gasteiger partial charge is 0.465 e. The summed E-state index contributed by atoms with van der Waals surface area (Å²) in [5.41, 5.74) is 0. The number of hydrogen-bond donors (Lipinski definition) is 0. The van der Waals surface area contributed by atoms with Gasteiger partial charge in [-0.2, -0.15) is 0 Å². The van der Waals surface area contributed by atoms with Crippen LogP contribution in [0.1, 0.15) is 78.1 Å². The molecule has 0 heterocycles. The van der Waals surface area contributed by atoms with Crippen molar-refractivity contribution in [3.05, 3.63) is 0 Å². The topological polar surface area (TPSA) is 52.6 Å². The van der Waals surface area contributed by atoms with Gasteiger partial charge in [-0.15, -0.1) is 0 Å². The molecule has 0 bridgehead atoms. The molecule has 2 unspecified atom stereocenters. The lowest BCUT2D eigenvalue weighted by Gasteiger charge is -2.26. The zero-order chi connectivity index (χ0) is 16.2. The molecule has 0 aromatic carbocycles. The first-order valence-corrected chi connectivity index (χ1v) is 9.02. The van der Waals surface area contributed by atoms with Crippen molar-refractivity contribution in [1.29, 1.82) is 0 Å². The molecule has 2 atom stereocenters. The summed E-state index contributed by atoms with van der Waals surface area (Å²) in [7, 11) is 0. The number of carbonyl (C=O) groups excluding carboxylic acids is 2. The third kappa shape index (κ3) is 7.28. The van der Waals surface area contributed by atoms with Gasteiger partial charge in [-0.3, -0.25) is 9.59 Å². The molecule has 0 saturated heterocycles. The SMILES string of the molecule is CCCCCCCOC(=O)C1CCCC(C(=O)OCCC)C1. The number of unbranched alkanes of at least 4 members (excludes halogenated alkanes) is 4. The van der Waals surface area contributed by atoms with Gasteiger partial charge >= 0.3 is 11.9 Å². The summed E-state index contributed by atoms with van der Waals surface area (Å²) < 4.78 is 10.6. The molecular weight excluding hydrogens is 280 g/mol. The van der Waals surface area contributed by atoms with Gasteiger partial charge in [-0.25, -0.2) is 0 Å². The van der Waals surface area contributed by atoms with Gasteiger partial charge in [0.1, 0.15) is 0 Å². The third-order valence-electron chi connectivity index (χ3n) is 4.28. The Morgan fingerprint density at radius 3 is 2.00 bits per heavy atom. The summed E-state index contributed by atoms with van der Waals surface area (Å²) >= 11 is 0. The molecule has 0 N–H and O–H groups in total.